The molecule has 2 bridgehead atoms. The van der Waals surface area contributed by atoms with Gasteiger partial charge < -0.3 is 15.3 Å². The van der Waals surface area contributed by atoms with Crippen LogP contribution >= 0.6 is 11.6 Å². The van der Waals surface area contributed by atoms with Crippen molar-refractivity contribution in [3.8, 4) is 6.07 Å². The van der Waals surface area contributed by atoms with Gasteiger partial charge in [-0.1, -0.05) is 11.6 Å². The Labute approximate surface area is 206 Å². The second-order valence-electron chi connectivity index (χ2n) is 10.1. The number of aryl methyl sites for hydroxylation is 1. The summed E-state index contributed by atoms with van der Waals surface area (Å²) in [7, 11) is -1.19. The number of aliphatic hydroxyl groups is 1. The van der Waals surface area contributed by atoms with Gasteiger partial charge in [0.1, 0.15) is 23.3 Å². The van der Waals surface area contributed by atoms with Crippen molar-refractivity contribution >= 4 is 33.9 Å². The van der Waals surface area contributed by atoms with E-state index in [0.717, 1.165) is 56.7 Å². The lowest BCUT2D eigenvalue weighted by Gasteiger charge is -2.43. The number of fused-ring (bicyclic) bond motifs is 3. The van der Waals surface area contributed by atoms with E-state index in [-0.39, 0.29) is 12.5 Å². The number of halogens is 1. The lowest BCUT2D eigenvalue weighted by molar-refractivity contribution is 0.144. The maximum atomic E-state index is 12.9. The van der Waals surface area contributed by atoms with Crippen LogP contribution in [-0.2, 0) is 17.2 Å². The first-order valence-electron chi connectivity index (χ1n) is 12.0. The van der Waals surface area contributed by atoms with Crippen molar-refractivity contribution in [2.24, 2.45) is 11.8 Å². The third-order valence-electron chi connectivity index (χ3n) is 8.14. The van der Waals surface area contributed by atoms with Gasteiger partial charge in [0.05, 0.1) is 44.2 Å². The van der Waals surface area contributed by atoms with Crippen LogP contribution < -0.4 is 10.2 Å². The molecule has 2 aromatic heterocycles. The summed E-state index contributed by atoms with van der Waals surface area (Å²) in [6.07, 6.45) is 8.86. The lowest BCUT2D eigenvalue weighted by atomic mass is 9.77. The van der Waals surface area contributed by atoms with Crippen LogP contribution in [0.3, 0.4) is 0 Å². The van der Waals surface area contributed by atoms with Gasteiger partial charge in [0.25, 0.3) is 0 Å². The molecule has 0 aromatic carbocycles. The van der Waals surface area contributed by atoms with E-state index in [4.69, 9.17) is 16.6 Å². The summed E-state index contributed by atoms with van der Waals surface area (Å²) in [6.45, 7) is 1.55. The number of piperidine rings is 1. The predicted molar refractivity (Wildman–Crippen MR) is 129 cm³/mol. The zero-order valence-electron chi connectivity index (χ0n) is 18.8. The highest BCUT2D eigenvalue weighted by molar-refractivity contribution is 7.85. The summed E-state index contributed by atoms with van der Waals surface area (Å²) in [5.41, 5.74) is 1.46. The molecule has 3 fully saturated rings. The van der Waals surface area contributed by atoms with E-state index in [1.165, 1.54) is 0 Å². The molecule has 1 saturated heterocycles. The Morgan fingerprint density at radius 3 is 2.56 bits per heavy atom. The Morgan fingerprint density at radius 1 is 1.26 bits per heavy atom. The average molecular weight is 499 g/mol. The Bertz CT molecular complexity index is 1180. The molecule has 4 aliphatic rings. The SMILES string of the molecule is N#Cc1c(N2CC3CCC(C2)C3c2ncc(Cl)cn2)nc2c(c1NC1(CO)CCC1)[S@@](=O)CC2. The summed E-state index contributed by atoms with van der Waals surface area (Å²) in [4.78, 5) is 16.9. The molecule has 2 aliphatic carbocycles. The molecule has 10 heteroatoms. The van der Waals surface area contributed by atoms with E-state index >= 15 is 0 Å². The number of nitrogens with one attached hydrogen (secondary N) is 1. The number of rotatable bonds is 5. The quantitative estimate of drug-likeness (QED) is 0.646. The molecule has 34 heavy (non-hydrogen) atoms. The van der Waals surface area contributed by atoms with E-state index in [2.05, 4.69) is 26.3 Å². The molecule has 0 radical (unpaired) electrons. The third kappa shape index (κ3) is 3.50. The summed E-state index contributed by atoms with van der Waals surface area (Å²) in [6, 6.07) is 2.38. The molecule has 8 nitrogen and oxygen atoms in total. The van der Waals surface area contributed by atoms with Crippen LogP contribution in [0.4, 0.5) is 11.5 Å². The molecule has 0 spiro atoms. The van der Waals surface area contributed by atoms with Crippen molar-refractivity contribution in [1.82, 2.24) is 15.0 Å². The number of anilines is 2. The molecule has 2 aromatic rings. The van der Waals surface area contributed by atoms with E-state index < -0.39 is 16.3 Å². The fraction of sp³-hybridized carbons (Fsp3) is 0.583. The second-order valence-corrected chi connectivity index (χ2v) is 12.0. The number of nitriles is 1. The van der Waals surface area contributed by atoms with Crippen molar-refractivity contribution < 1.29 is 9.32 Å². The highest BCUT2D eigenvalue weighted by Crippen LogP contribution is 2.49. The minimum absolute atomic E-state index is 0.00638. The number of pyridine rings is 1. The Morgan fingerprint density at radius 2 is 1.97 bits per heavy atom. The largest absolute Gasteiger partial charge is 0.394 e. The van der Waals surface area contributed by atoms with Gasteiger partial charge >= 0.3 is 0 Å². The van der Waals surface area contributed by atoms with Crippen LogP contribution in [0.1, 0.15) is 55.1 Å². The fourth-order valence-electron chi connectivity index (χ4n) is 6.27. The summed E-state index contributed by atoms with van der Waals surface area (Å²) >= 11 is 6.00. The highest BCUT2D eigenvalue weighted by atomic mass is 35.5. The first-order chi connectivity index (χ1) is 16.5. The lowest BCUT2D eigenvalue weighted by Crippen LogP contribution is -2.49. The van der Waals surface area contributed by atoms with Gasteiger partial charge in [0.15, 0.2) is 0 Å². The Hall–Kier alpha value is -2.28. The minimum Gasteiger partial charge on any atom is -0.394 e. The second kappa shape index (κ2) is 8.43. The summed E-state index contributed by atoms with van der Waals surface area (Å²) < 4.78 is 12.9. The highest BCUT2D eigenvalue weighted by Gasteiger charge is 2.46. The molecule has 2 unspecified atom stereocenters. The predicted octanol–water partition coefficient (Wildman–Crippen LogP) is 3.02. The van der Waals surface area contributed by atoms with Crippen LogP contribution in [0.5, 0.6) is 0 Å². The van der Waals surface area contributed by atoms with Crippen molar-refractivity contribution in [1.29, 1.82) is 5.26 Å². The van der Waals surface area contributed by atoms with E-state index in [0.29, 0.717) is 51.0 Å². The monoisotopic (exact) mass is 498 g/mol. The maximum absolute atomic E-state index is 12.9. The molecule has 2 saturated carbocycles. The van der Waals surface area contributed by atoms with Crippen LogP contribution in [-0.4, -0.2) is 55.3 Å². The van der Waals surface area contributed by atoms with Gasteiger partial charge in [-0.2, -0.15) is 5.26 Å². The van der Waals surface area contributed by atoms with E-state index in [9.17, 15) is 14.6 Å². The van der Waals surface area contributed by atoms with Gasteiger partial charge in [-0.3, -0.25) is 4.21 Å². The molecule has 2 aliphatic heterocycles. The number of hydrogen-bond acceptors (Lipinski definition) is 8. The Balaban J connectivity index is 1.37. The first-order valence-corrected chi connectivity index (χ1v) is 13.7. The molecule has 0 amide bonds. The smallest absolute Gasteiger partial charge is 0.149 e. The Kier molecular flexibility index (Phi) is 5.51. The zero-order valence-corrected chi connectivity index (χ0v) is 20.4. The minimum atomic E-state index is -1.19. The van der Waals surface area contributed by atoms with Crippen molar-refractivity contribution in [2.45, 2.75) is 54.9 Å². The number of aliphatic hydroxyl groups excluding tert-OH is 1. The number of nitrogens with zero attached hydrogens (tertiary/aromatic N) is 5. The molecule has 6 rings (SSSR count). The zero-order chi connectivity index (χ0) is 23.4. The maximum Gasteiger partial charge on any atom is 0.149 e. The van der Waals surface area contributed by atoms with Gasteiger partial charge in [0.2, 0.25) is 0 Å². The number of aromatic nitrogens is 3. The van der Waals surface area contributed by atoms with Crippen LogP contribution in [0.2, 0.25) is 5.02 Å². The average Bonchev–Trinajstić information content (AvgIpc) is 3.32. The van der Waals surface area contributed by atoms with Crippen LogP contribution in [0.15, 0.2) is 17.3 Å². The van der Waals surface area contributed by atoms with Gasteiger partial charge in [-0.05, 0) is 43.9 Å². The number of hydrogen-bond donors (Lipinski definition) is 2. The fourth-order valence-corrected chi connectivity index (χ4v) is 7.74. The summed E-state index contributed by atoms with van der Waals surface area (Å²) in [5, 5.41) is 24.3. The normalized spacial score (nSPS) is 28.8. The molecular formula is C24H27ClN6O2S. The van der Waals surface area contributed by atoms with Crippen molar-refractivity contribution in [3.63, 3.8) is 0 Å². The molecule has 2 N–H and O–H groups in total. The molecule has 3 atom stereocenters. The standard InChI is InChI=1S/C24H27ClN6O2S/c25-16-9-27-22(28-10-16)19-14-2-3-15(19)12-31(11-14)23-17(8-26)20(30-24(13-32)5-1-6-24)21-18(29-23)4-7-34(21)33/h9-10,14-15,19,32H,1-7,11-13H2,(H,29,30)/t14?,15?,19?,34-/m0/s1. The van der Waals surface area contributed by atoms with Gasteiger partial charge in [-0.25, -0.2) is 15.0 Å². The first kappa shape index (κ1) is 22.2. The van der Waals surface area contributed by atoms with Crippen molar-refractivity contribution in [2.75, 3.05) is 35.7 Å². The third-order valence-corrected chi connectivity index (χ3v) is 9.81. The molecular weight excluding hydrogens is 472 g/mol. The van der Waals surface area contributed by atoms with Crippen molar-refractivity contribution in [3.05, 3.63) is 34.5 Å². The van der Waals surface area contributed by atoms with E-state index in [1.807, 2.05) is 0 Å². The van der Waals surface area contributed by atoms with Crippen LogP contribution in [0.25, 0.3) is 0 Å². The molecule has 4 heterocycles. The van der Waals surface area contributed by atoms with E-state index in [1.54, 1.807) is 12.4 Å². The topological polar surface area (TPSA) is 115 Å². The van der Waals surface area contributed by atoms with Gasteiger partial charge in [-0.15, -0.1) is 0 Å². The summed E-state index contributed by atoms with van der Waals surface area (Å²) in [5.74, 6) is 3.10. The van der Waals surface area contributed by atoms with Crippen LogP contribution in [0, 0.1) is 23.2 Å². The molecule has 178 valence electrons. The van der Waals surface area contributed by atoms with Gasteiger partial charge in [0, 0.05) is 43.6 Å².